The first-order valence-corrected chi connectivity index (χ1v) is 7.15. The van der Waals surface area contributed by atoms with Crippen LogP contribution in [0, 0.1) is 0 Å². The SMILES string of the molecule is Cn1ccnc1CCN1Cc2ccccc2CC1C(=O)O. The molecule has 2 heterocycles. The number of aliphatic carboxylic acids is 1. The van der Waals surface area contributed by atoms with Crippen LogP contribution >= 0.6 is 0 Å². The minimum absolute atomic E-state index is 0.444. The fraction of sp³-hybridized carbons (Fsp3) is 0.375. The highest BCUT2D eigenvalue weighted by Crippen LogP contribution is 2.23. The molecular weight excluding hydrogens is 266 g/mol. The minimum Gasteiger partial charge on any atom is -0.480 e. The summed E-state index contributed by atoms with van der Waals surface area (Å²) < 4.78 is 1.98. The highest BCUT2D eigenvalue weighted by atomic mass is 16.4. The first-order chi connectivity index (χ1) is 10.1. The molecule has 0 aliphatic carbocycles. The quantitative estimate of drug-likeness (QED) is 0.924. The minimum atomic E-state index is -0.746. The standard InChI is InChI=1S/C16H19N3O2/c1-18-9-7-17-15(18)6-8-19-11-13-5-3-2-4-12(13)10-14(19)16(20)21/h2-5,7,9,14H,6,8,10-11H2,1H3,(H,20,21). The van der Waals surface area contributed by atoms with E-state index in [0.29, 0.717) is 19.5 Å². The van der Waals surface area contributed by atoms with Crippen LogP contribution in [0.25, 0.3) is 0 Å². The maximum absolute atomic E-state index is 11.5. The van der Waals surface area contributed by atoms with Crippen LogP contribution in [-0.2, 0) is 31.2 Å². The summed E-state index contributed by atoms with van der Waals surface area (Å²) in [7, 11) is 1.96. The second-order valence-corrected chi connectivity index (χ2v) is 5.50. The van der Waals surface area contributed by atoms with E-state index >= 15 is 0 Å². The van der Waals surface area contributed by atoms with Crippen LogP contribution in [0.3, 0.4) is 0 Å². The van der Waals surface area contributed by atoms with Gasteiger partial charge in [-0.25, -0.2) is 4.98 Å². The molecule has 0 bridgehead atoms. The zero-order chi connectivity index (χ0) is 14.8. The summed E-state index contributed by atoms with van der Waals surface area (Å²) in [4.78, 5) is 17.9. The number of carboxylic acids is 1. The van der Waals surface area contributed by atoms with Crippen LogP contribution in [0.2, 0.25) is 0 Å². The van der Waals surface area contributed by atoms with Crippen molar-refractivity contribution < 1.29 is 9.90 Å². The van der Waals surface area contributed by atoms with Crippen molar-refractivity contribution in [3.8, 4) is 0 Å². The Hall–Kier alpha value is -2.14. The number of carboxylic acid groups (broad SMARTS) is 1. The third-order valence-corrected chi connectivity index (χ3v) is 4.17. The van der Waals surface area contributed by atoms with Gasteiger partial charge in [0, 0.05) is 39.0 Å². The van der Waals surface area contributed by atoms with E-state index < -0.39 is 12.0 Å². The first-order valence-electron chi connectivity index (χ1n) is 7.15. The smallest absolute Gasteiger partial charge is 0.321 e. The highest BCUT2D eigenvalue weighted by molar-refractivity contribution is 5.74. The second kappa shape index (κ2) is 5.69. The molecule has 0 saturated carbocycles. The van der Waals surface area contributed by atoms with Gasteiger partial charge in [-0.1, -0.05) is 24.3 Å². The second-order valence-electron chi connectivity index (χ2n) is 5.50. The predicted octanol–water partition coefficient (Wildman–Crippen LogP) is 1.47. The molecule has 1 atom stereocenters. The largest absolute Gasteiger partial charge is 0.480 e. The van der Waals surface area contributed by atoms with Gasteiger partial charge in [-0.3, -0.25) is 9.69 Å². The molecule has 110 valence electrons. The van der Waals surface area contributed by atoms with E-state index in [2.05, 4.69) is 11.1 Å². The lowest BCUT2D eigenvalue weighted by Gasteiger charge is -2.34. The fourth-order valence-corrected chi connectivity index (χ4v) is 2.94. The summed E-state index contributed by atoms with van der Waals surface area (Å²) in [6.07, 6.45) is 5.02. The van der Waals surface area contributed by atoms with Gasteiger partial charge in [0.15, 0.2) is 0 Å². The first kappa shape index (κ1) is 13.8. The molecule has 1 N–H and O–H groups in total. The van der Waals surface area contributed by atoms with Crippen molar-refractivity contribution in [2.24, 2.45) is 7.05 Å². The molecule has 1 unspecified atom stereocenters. The molecule has 0 amide bonds. The van der Waals surface area contributed by atoms with Crippen molar-refractivity contribution in [1.29, 1.82) is 0 Å². The van der Waals surface area contributed by atoms with Gasteiger partial charge in [0.05, 0.1) is 0 Å². The number of aryl methyl sites for hydroxylation is 1. The van der Waals surface area contributed by atoms with E-state index in [4.69, 9.17) is 0 Å². The van der Waals surface area contributed by atoms with Crippen LogP contribution in [0.5, 0.6) is 0 Å². The average Bonchev–Trinajstić information content (AvgIpc) is 2.89. The Morgan fingerprint density at radius 3 is 2.81 bits per heavy atom. The summed E-state index contributed by atoms with van der Waals surface area (Å²) in [6, 6.07) is 7.65. The Bertz CT molecular complexity index is 650. The molecule has 5 heteroatoms. The summed E-state index contributed by atoms with van der Waals surface area (Å²) in [5.74, 6) is 0.238. The molecule has 1 aromatic carbocycles. The number of hydrogen-bond acceptors (Lipinski definition) is 3. The summed E-state index contributed by atoms with van der Waals surface area (Å²) >= 11 is 0. The number of fused-ring (bicyclic) bond motifs is 1. The molecule has 0 saturated heterocycles. The Morgan fingerprint density at radius 1 is 1.38 bits per heavy atom. The van der Waals surface area contributed by atoms with Gasteiger partial charge in [-0.15, -0.1) is 0 Å². The Balaban J connectivity index is 1.76. The lowest BCUT2D eigenvalue weighted by molar-refractivity contribution is -0.143. The molecule has 0 fully saturated rings. The lowest BCUT2D eigenvalue weighted by atomic mass is 9.94. The zero-order valence-electron chi connectivity index (χ0n) is 12.1. The topological polar surface area (TPSA) is 58.4 Å². The van der Waals surface area contributed by atoms with Crippen molar-refractivity contribution in [2.45, 2.75) is 25.4 Å². The van der Waals surface area contributed by atoms with E-state index in [9.17, 15) is 9.90 Å². The molecule has 1 aliphatic rings. The van der Waals surface area contributed by atoms with Crippen LogP contribution in [-0.4, -0.2) is 38.1 Å². The van der Waals surface area contributed by atoms with Crippen molar-refractivity contribution in [2.75, 3.05) is 6.54 Å². The van der Waals surface area contributed by atoms with E-state index in [1.54, 1.807) is 6.20 Å². The van der Waals surface area contributed by atoms with E-state index in [0.717, 1.165) is 17.8 Å². The average molecular weight is 285 g/mol. The molecule has 5 nitrogen and oxygen atoms in total. The van der Waals surface area contributed by atoms with Gasteiger partial charge >= 0.3 is 5.97 Å². The van der Waals surface area contributed by atoms with Gasteiger partial charge in [0.1, 0.15) is 11.9 Å². The third kappa shape index (κ3) is 2.83. The number of imidazole rings is 1. The maximum atomic E-state index is 11.5. The van der Waals surface area contributed by atoms with Crippen molar-refractivity contribution in [3.05, 3.63) is 53.6 Å². The highest BCUT2D eigenvalue weighted by Gasteiger charge is 2.30. The number of nitrogens with zero attached hydrogens (tertiary/aromatic N) is 3. The maximum Gasteiger partial charge on any atom is 0.321 e. The summed E-state index contributed by atoms with van der Waals surface area (Å²) in [5, 5.41) is 9.48. The van der Waals surface area contributed by atoms with Crippen molar-refractivity contribution >= 4 is 5.97 Å². The molecule has 3 rings (SSSR count). The van der Waals surface area contributed by atoms with Gasteiger partial charge in [-0.2, -0.15) is 0 Å². The summed E-state index contributed by atoms with van der Waals surface area (Å²) in [5.41, 5.74) is 2.38. The number of benzene rings is 1. The van der Waals surface area contributed by atoms with E-state index in [1.807, 2.05) is 40.9 Å². The Kier molecular flexibility index (Phi) is 3.75. The Morgan fingerprint density at radius 2 is 2.14 bits per heavy atom. The zero-order valence-corrected chi connectivity index (χ0v) is 12.1. The third-order valence-electron chi connectivity index (χ3n) is 4.17. The predicted molar refractivity (Wildman–Crippen MR) is 78.9 cm³/mol. The van der Waals surface area contributed by atoms with Gasteiger partial charge in [0.25, 0.3) is 0 Å². The van der Waals surface area contributed by atoms with Crippen LogP contribution in [0.1, 0.15) is 17.0 Å². The summed E-state index contributed by atoms with van der Waals surface area (Å²) in [6.45, 7) is 1.40. The van der Waals surface area contributed by atoms with Crippen molar-refractivity contribution in [1.82, 2.24) is 14.5 Å². The lowest BCUT2D eigenvalue weighted by Crippen LogP contribution is -2.46. The number of rotatable bonds is 4. The molecule has 0 radical (unpaired) electrons. The van der Waals surface area contributed by atoms with Gasteiger partial charge < -0.3 is 9.67 Å². The normalized spacial score (nSPS) is 18.4. The van der Waals surface area contributed by atoms with Crippen LogP contribution < -0.4 is 0 Å². The van der Waals surface area contributed by atoms with Crippen LogP contribution in [0.15, 0.2) is 36.7 Å². The Labute approximate surface area is 123 Å². The fourth-order valence-electron chi connectivity index (χ4n) is 2.94. The van der Waals surface area contributed by atoms with Crippen LogP contribution in [0.4, 0.5) is 0 Å². The van der Waals surface area contributed by atoms with E-state index in [1.165, 1.54) is 5.56 Å². The molecular formula is C16H19N3O2. The molecule has 2 aromatic rings. The molecule has 1 aliphatic heterocycles. The van der Waals surface area contributed by atoms with Crippen molar-refractivity contribution in [3.63, 3.8) is 0 Å². The molecule has 1 aromatic heterocycles. The molecule has 0 spiro atoms. The number of hydrogen-bond donors (Lipinski definition) is 1. The van der Waals surface area contributed by atoms with Gasteiger partial charge in [-0.05, 0) is 17.5 Å². The molecule has 21 heavy (non-hydrogen) atoms. The number of carbonyl (C=O) groups is 1. The number of aromatic nitrogens is 2. The monoisotopic (exact) mass is 285 g/mol. The van der Waals surface area contributed by atoms with E-state index in [-0.39, 0.29) is 0 Å². The van der Waals surface area contributed by atoms with Gasteiger partial charge in [0.2, 0.25) is 0 Å².